The summed E-state index contributed by atoms with van der Waals surface area (Å²) in [5, 5.41) is 1.84. The average molecular weight is 186 g/mol. The minimum absolute atomic E-state index is 0.292. The SMILES string of the molecule is COCC(C)c1nc(C)sc1N. The minimum Gasteiger partial charge on any atom is -0.389 e. The van der Waals surface area contributed by atoms with Crippen molar-refractivity contribution in [3.05, 3.63) is 10.7 Å². The Morgan fingerprint density at radius 1 is 1.67 bits per heavy atom. The van der Waals surface area contributed by atoms with Crippen molar-refractivity contribution in [2.45, 2.75) is 19.8 Å². The molecule has 0 aliphatic rings. The van der Waals surface area contributed by atoms with Gasteiger partial charge in [-0.25, -0.2) is 4.98 Å². The molecule has 3 nitrogen and oxygen atoms in total. The first-order valence-electron chi connectivity index (χ1n) is 3.87. The second-order valence-corrected chi connectivity index (χ2v) is 4.07. The highest BCUT2D eigenvalue weighted by Crippen LogP contribution is 2.26. The van der Waals surface area contributed by atoms with Crippen molar-refractivity contribution in [2.75, 3.05) is 19.5 Å². The van der Waals surface area contributed by atoms with Gasteiger partial charge in [-0.1, -0.05) is 6.92 Å². The highest BCUT2D eigenvalue weighted by Gasteiger charge is 2.12. The lowest BCUT2D eigenvalue weighted by atomic mass is 10.1. The lowest BCUT2D eigenvalue weighted by molar-refractivity contribution is 0.183. The first-order chi connectivity index (χ1) is 5.65. The van der Waals surface area contributed by atoms with Crippen molar-refractivity contribution >= 4 is 16.3 Å². The van der Waals surface area contributed by atoms with E-state index in [0.29, 0.717) is 12.5 Å². The summed E-state index contributed by atoms with van der Waals surface area (Å²) in [7, 11) is 1.69. The van der Waals surface area contributed by atoms with Crippen LogP contribution in [0.5, 0.6) is 0 Å². The number of hydrogen-bond donors (Lipinski definition) is 1. The van der Waals surface area contributed by atoms with E-state index in [-0.39, 0.29) is 0 Å². The Bertz CT molecular complexity index is 260. The zero-order valence-electron chi connectivity index (χ0n) is 7.63. The molecule has 2 N–H and O–H groups in total. The summed E-state index contributed by atoms with van der Waals surface area (Å²) in [6, 6.07) is 0. The smallest absolute Gasteiger partial charge is 0.110 e. The van der Waals surface area contributed by atoms with Crippen molar-refractivity contribution < 1.29 is 4.74 Å². The molecular formula is C8H14N2OS. The molecule has 1 aromatic heterocycles. The van der Waals surface area contributed by atoms with Crippen molar-refractivity contribution in [1.29, 1.82) is 0 Å². The van der Waals surface area contributed by atoms with E-state index in [2.05, 4.69) is 11.9 Å². The summed E-state index contributed by atoms with van der Waals surface area (Å²) in [4.78, 5) is 4.34. The first kappa shape index (κ1) is 9.48. The molecule has 1 atom stereocenters. The summed E-state index contributed by atoms with van der Waals surface area (Å²) >= 11 is 1.53. The maximum atomic E-state index is 5.77. The number of anilines is 1. The number of rotatable bonds is 3. The molecule has 0 fully saturated rings. The summed E-state index contributed by atoms with van der Waals surface area (Å²) < 4.78 is 5.03. The van der Waals surface area contributed by atoms with Gasteiger partial charge in [0.15, 0.2) is 0 Å². The van der Waals surface area contributed by atoms with Crippen molar-refractivity contribution in [3.63, 3.8) is 0 Å². The Hall–Kier alpha value is -0.610. The topological polar surface area (TPSA) is 48.1 Å². The van der Waals surface area contributed by atoms with Gasteiger partial charge in [-0.3, -0.25) is 0 Å². The number of methoxy groups -OCH3 is 1. The minimum atomic E-state index is 0.292. The van der Waals surface area contributed by atoms with E-state index in [0.717, 1.165) is 15.7 Å². The lowest BCUT2D eigenvalue weighted by Gasteiger charge is -2.07. The fourth-order valence-electron chi connectivity index (χ4n) is 1.14. The number of ether oxygens (including phenoxy) is 1. The number of nitrogen functional groups attached to an aromatic ring is 1. The fourth-order valence-corrected chi connectivity index (χ4v) is 1.95. The number of aryl methyl sites for hydroxylation is 1. The van der Waals surface area contributed by atoms with Gasteiger partial charge in [0.05, 0.1) is 17.3 Å². The highest BCUT2D eigenvalue weighted by molar-refractivity contribution is 7.15. The van der Waals surface area contributed by atoms with Gasteiger partial charge >= 0.3 is 0 Å². The lowest BCUT2D eigenvalue weighted by Crippen LogP contribution is -2.04. The van der Waals surface area contributed by atoms with E-state index in [1.807, 2.05) is 6.92 Å². The third-order valence-corrected chi connectivity index (χ3v) is 2.49. The second-order valence-electron chi connectivity index (χ2n) is 2.84. The molecule has 1 aromatic rings. The third kappa shape index (κ3) is 1.95. The van der Waals surface area contributed by atoms with Crippen LogP contribution < -0.4 is 5.73 Å². The van der Waals surface area contributed by atoms with Gasteiger partial charge in [-0.2, -0.15) is 0 Å². The van der Waals surface area contributed by atoms with E-state index in [1.165, 1.54) is 11.3 Å². The zero-order valence-corrected chi connectivity index (χ0v) is 8.44. The molecule has 0 bridgehead atoms. The Morgan fingerprint density at radius 2 is 2.33 bits per heavy atom. The molecule has 1 rings (SSSR count). The van der Waals surface area contributed by atoms with Crippen LogP contribution in [0, 0.1) is 6.92 Å². The predicted octanol–water partition coefficient (Wildman–Crippen LogP) is 1.78. The van der Waals surface area contributed by atoms with Crippen molar-refractivity contribution in [3.8, 4) is 0 Å². The first-order valence-corrected chi connectivity index (χ1v) is 4.68. The van der Waals surface area contributed by atoms with Crippen LogP contribution in [0.2, 0.25) is 0 Å². The van der Waals surface area contributed by atoms with Gasteiger partial charge in [0.1, 0.15) is 5.00 Å². The summed E-state index contributed by atoms with van der Waals surface area (Å²) in [5.74, 6) is 0.292. The average Bonchev–Trinajstić information content (AvgIpc) is 2.30. The van der Waals surface area contributed by atoms with Gasteiger partial charge in [-0.05, 0) is 6.92 Å². The van der Waals surface area contributed by atoms with Gasteiger partial charge < -0.3 is 10.5 Å². The van der Waals surface area contributed by atoms with Gasteiger partial charge in [0.25, 0.3) is 0 Å². The molecule has 0 amide bonds. The van der Waals surface area contributed by atoms with E-state index in [4.69, 9.17) is 10.5 Å². The third-order valence-electron chi connectivity index (χ3n) is 1.67. The van der Waals surface area contributed by atoms with Crippen LogP contribution in [0.15, 0.2) is 0 Å². The van der Waals surface area contributed by atoms with Crippen LogP contribution in [0.25, 0.3) is 0 Å². The molecule has 1 heterocycles. The molecule has 68 valence electrons. The number of hydrogen-bond acceptors (Lipinski definition) is 4. The quantitative estimate of drug-likeness (QED) is 0.782. The van der Waals surface area contributed by atoms with Crippen LogP contribution in [0.1, 0.15) is 23.5 Å². The second kappa shape index (κ2) is 3.87. The largest absolute Gasteiger partial charge is 0.389 e. The molecule has 1 unspecified atom stereocenters. The number of thiazole rings is 1. The number of nitrogens with zero attached hydrogens (tertiary/aromatic N) is 1. The fraction of sp³-hybridized carbons (Fsp3) is 0.625. The van der Waals surface area contributed by atoms with E-state index >= 15 is 0 Å². The van der Waals surface area contributed by atoms with Crippen LogP contribution in [0.3, 0.4) is 0 Å². The Labute approximate surface area is 76.6 Å². The molecule has 12 heavy (non-hydrogen) atoms. The highest BCUT2D eigenvalue weighted by atomic mass is 32.1. The monoisotopic (exact) mass is 186 g/mol. The van der Waals surface area contributed by atoms with Crippen LogP contribution in [0.4, 0.5) is 5.00 Å². The maximum Gasteiger partial charge on any atom is 0.110 e. The molecule has 0 aliphatic carbocycles. The molecule has 0 saturated carbocycles. The molecular weight excluding hydrogens is 172 g/mol. The molecule has 4 heteroatoms. The number of nitrogens with two attached hydrogens (primary N) is 1. The van der Waals surface area contributed by atoms with E-state index < -0.39 is 0 Å². The summed E-state index contributed by atoms with van der Waals surface area (Å²) in [5.41, 5.74) is 6.74. The molecule has 0 aliphatic heterocycles. The van der Waals surface area contributed by atoms with Gasteiger partial charge in [0, 0.05) is 13.0 Å². The maximum absolute atomic E-state index is 5.77. The molecule has 0 spiro atoms. The number of aromatic nitrogens is 1. The molecule has 0 aromatic carbocycles. The van der Waals surface area contributed by atoms with Gasteiger partial charge in [0.2, 0.25) is 0 Å². The normalized spacial score (nSPS) is 13.2. The Morgan fingerprint density at radius 3 is 2.75 bits per heavy atom. The standard InChI is InChI=1S/C8H14N2OS/c1-5(4-11-3)7-8(9)12-6(2)10-7/h5H,4,9H2,1-3H3. The van der Waals surface area contributed by atoms with Crippen molar-refractivity contribution in [2.24, 2.45) is 0 Å². The molecule has 0 saturated heterocycles. The van der Waals surface area contributed by atoms with Crippen LogP contribution in [-0.4, -0.2) is 18.7 Å². The van der Waals surface area contributed by atoms with E-state index in [9.17, 15) is 0 Å². The van der Waals surface area contributed by atoms with Crippen LogP contribution >= 0.6 is 11.3 Å². The van der Waals surface area contributed by atoms with Crippen molar-refractivity contribution in [1.82, 2.24) is 4.98 Å². The Balaban J connectivity index is 2.79. The van der Waals surface area contributed by atoms with E-state index in [1.54, 1.807) is 7.11 Å². The Kier molecular flexibility index (Phi) is 3.05. The van der Waals surface area contributed by atoms with Crippen LogP contribution in [-0.2, 0) is 4.74 Å². The molecule has 0 radical (unpaired) electrons. The summed E-state index contributed by atoms with van der Waals surface area (Å²) in [6.07, 6.45) is 0. The van der Waals surface area contributed by atoms with Gasteiger partial charge in [-0.15, -0.1) is 11.3 Å². The predicted molar refractivity (Wildman–Crippen MR) is 51.6 cm³/mol. The zero-order chi connectivity index (χ0) is 9.14. The summed E-state index contributed by atoms with van der Waals surface area (Å²) in [6.45, 7) is 4.70.